The van der Waals surface area contributed by atoms with E-state index < -0.39 is 23.6 Å². The number of amides is 2. The van der Waals surface area contributed by atoms with Gasteiger partial charge in [-0.1, -0.05) is 13.8 Å². The Morgan fingerprint density at radius 1 is 1.40 bits per heavy atom. The zero-order valence-electron chi connectivity index (χ0n) is 13.0. The molecular formula is C14H26N2O4. The first-order valence-corrected chi connectivity index (χ1v) is 7.11. The van der Waals surface area contributed by atoms with Gasteiger partial charge in [-0.15, -0.1) is 0 Å². The van der Waals surface area contributed by atoms with E-state index in [9.17, 15) is 14.8 Å². The van der Waals surface area contributed by atoms with Crippen molar-refractivity contribution in [2.45, 2.75) is 59.1 Å². The van der Waals surface area contributed by atoms with E-state index in [1.54, 1.807) is 20.8 Å². The van der Waals surface area contributed by atoms with Crippen LogP contribution in [0.5, 0.6) is 0 Å². The summed E-state index contributed by atoms with van der Waals surface area (Å²) in [6.07, 6.45) is 0.810. The summed E-state index contributed by atoms with van der Waals surface area (Å²) >= 11 is 0. The van der Waals surface area contributed by atoms with E-state index in [0.717, 1.165) is 11.5 Å². The van der Waals surface area contributed by atoms with Gasteiger partial charge in [0, 0.05) is 6.54 Å². The maximum Gasteiger partial charge on any atom is 0.410 e. The van der Waals surface area contributed by atoms with Gasteiger partial charge in [-0.2, -0.15) is 0 Å². The maximum atomic E-state index is 12.2. The highest BCUT2D eigenvalue weighted by Gasteiger charge is 2.38. The van der Waals surface area contributed by atoms with Gasteiger partial charge in [-0.3, -0.25) is 14.9 Å². The molecule has 1 saturated heterocycles. The molecule has 0 aromatic heterocycles. The van der Waals surface area contributed by atoms with Crippen LogP contribution in [-0.2, 0) is 9.53 Å². The third-order valence-corrected chi connectivity index (χ3v) is 2.96. The predicted molar refractivity (Wildman–Crippen MR) is 74.3 cm³/mol. The van der Waals surface area contributed by atoms with Gasteiger partial charge in [0.1, 0.15) is 11.6 Å². The largest absolute Gasteiger partial charge is 0.444 e. The Balaban J connectivity index is 2.69. The van der Waals surface area contributed by atoms with Crippen molar-refractivity contribution >= 4 is 12.0 Å². The van der Waals surface area contributed by atoms with Gasteiger partial charge >= 0.3 is 6.09 Å². The number of rotatable bonds is 3. The third kappa shape index (κ3) is 4.67. The van der Waals surface area contributed by atoms with Crippen molar-refractivity contribution < 1.29 is 19.5 Å². The van der Waals surface area contributed by atoms with Crippen molar-refractivity contribution in [3.05, 3.63) is 0 Å². The van der Waals surface area contributed by atoms with Crippen LogP contribution in [0.25, 0.3) is 0 Å². The highest BCUT2D eigenvalue weighted by atomic mass is 16.6. The molecule has 2 amide bonds. The minimum absolute atomic E-state index is 0.167. The van der Waals surface area contributed by atoms with Crippen molar-refractivity contribution in [1.82, 2.24) is 9.96 Å². The lowest BCUT2D eigenvalue weighted by Crippen LogP contribution is -2.48. The number of hydrogen-bond donors (Lipinski definition) is 1. The molecule has 20 heavy (non-hydrogen) atoms. The number of hydrogen-bond acceptors (Lipinski definition) is 4. The molecule has 6 heteroatoms. The highest BCUT2D eigenvalue weighted by molar-refractivity contribution is 5.85. The molecule has 1 N–H and O–H groups in total. The number of ether oxygens (including phenoxy) is 1. The topological polar surface area (TPSA) is 70.1 Å². The van der Waals surface area contributed by atoms with Gasteiger partial charge in [0.15, 0.2) is 0 Å². The van der Waals surface area contributed by atoms with Crippen molar-refractivity contribution in [2.24, 2.45) is 5.92 Å². The Kier molecular flexibility index (Phi) is 5.39. The number of nitrogens with zero attached hydrogens (tertiary/aromatic N) is 2. The van der Waals surface area contributed by atoms with Crippen LogP contribution in [0.4, 0.5) is 4.79 Å². The van der Waals surface area contributed by atoms with Crippen LogP contribution in [0.15, 0.2) is 0 Å². The molecule has 0 radical (unpaired) electrons. The molecule has 0 saturated carbocycles. The first kappa shape index (κ1) is 16.8. The Morgan fingerprint density at radius 2 is 2.00 bits per heavy atom. The summed E-state index contributed by atoms with van der Waals surface area (Å²) in [5.41, 5.74) is -0.593. The number of hydroxylamine groups is 2. The Labute approximate surface area is 120 Å². The quantitative estimate of drug-likeness (QED) is 0.638. The molecule has 0 aromatic rings. The molecule has 1 aliphatic heterocycles. The average Bonchev–Trinajstić information content (AvgIpc) is 2.73. The molecular weight excluding hydrogens is 260 g/mol. The molecule has 1 atom stereocenters. The van der Waals surface area contributed by atoms with E-state index in [1.165, 1.54) is 4.90 Å². The SMILES string of the molecule is CC(C)CN(O)C(=O)C1CCCN1C(=O)OC(C)(C)C. The van der Waals surface area contributed by atoms with Crippen molar-refractivity contribution in [3.8, 4) is 0 Å². The van der Waals surface area contributed by atoms with Crippen LogP contribution in [-0.4, -0.2) is 51.9 Å². The van der Waals surface area contributed by atoms with Crippen molar-refractivity contribution in [2.75, 3.05) is 13.1 Å². The molecule has 0 bridgehead atoms. The van der Waals surface area contributed by atoms with Crippen LogP contribution in [0.2, 0.25) is 0 Å². The second-order valence-electron chi connectivity index (χ2n) is 6.65. The van der Waals surface area contributed by atoms with E-state index >= 15 is 0 Å². The summed E-state index contributed by atoms with van der Waals surface area (Å²) in [5, 5.41) is 10.5. The summed E-state index contributed by atoms with van der Waals surface area (Å²) < 4.78 is 5.30. The normalized spacial score (nSPS) is 19.4. The summed E-state index contributed by atoms with van der Waals surface area (Å²) in [7, 11) is 0. The Bertz CT molecular complexity index is 363. The van der Waals surface area contributed by atoms with Gasteiger partial charge in [0.25, 0.3) is 5.91 Å². The lowest BCUT2D eigenvalue weighted by molar-refractivity contribution is -0.172. The van der Waals surface area contributed by atoms with Crippen molar-refractivity contribution in [3.63, 3.8) is 0 Å². The van der Waals surface area contributed by atoms with E-state index in [0.29, 0.717) is 13.0 Å². The Morgan fingerprint density at radius 3 is 2.50 bits per heavy atom. The van der Waals surface area contributed by atoms with Gasteiger partial charge in [0.2, 0.25) is 0 Å². The van der Waals surface area contributed by atoms with E-state index in [2.05, 4.69) is 0 Å². The first-order chi connectivity index (χ1) is 9.11. The second kappa shape index (κ2) is 6.43. The van der Waals surface area contributed by atoms with Crippen LogP contribution < -0.4 is 0 Å². The fourth-order valence-corrected chi connectivity index (χ4v) is 2.17. The molecule has 1 unspecified atom stereocenters. The van der Waals surface area contributed by atoms with Gasteiger partial charge < -0.3 is 4.74 Å². The summed E-state index contributed by atoms with van der Waals surface area (Å²) in [5.74, 6) is -0.262. The predicted octanol–water partition coefficient (Wildman–Crippen LogP) is 2.26. The molecule has 1 rings (SSSR count). The monoisotopic (exact) mass is 286 g/mol. The van der Waals surface area contributed by atoms with Crippen molar-refractivity contribution in [1.29, 1.82) is 0 Å². The molecule has 1 heterocycles. The minimum Gasteiger partial charge on any atom is -0.444 e. The maximum absolute atomic E-state index is 12.2. The average molecular weight is 286 g/mol. The van der Waals surface area contributed by atoms with E-state index in [1.807, 2.05) is 13.8 Å². The molecule has 6 nitrogen and oxygen atoms in total. The fourth-order valence-electron chi connectivity index (χ4n) is 2.17. The van der Waals surface area contributed by atoms with Crippen LogP contribution in [0.3, 0.4) is 0 Å². The Hall–Kier alpha value is -1.30. The van der Waals surface area contributed by atoms with Gasteiger partial charge in [0.05, 0.1) is 6.54 Å². The van der Waals surface area contributed by atoms with Gasteiger partial charge in [-0.25, -0.2) is 9.86 Å². The van der Waals surface area contributed by atoms with Crippen LogP contribution in [0, 0.1) is 5.92 Å². The smallest absolute Gasteiger partial charge is 0.410 e. The summed E-state index contributed by atoms with van der Waals surface area (Å²) in [4.78, 5) is 25.7. The zero-order chi connectivity index (χ0) is 15.5. The lowest BCUT2D eigenvalue weighted by Gasteiger charge is -2.29. The molecule has 1 fully saturated rings. The molecule has 0 spiro atoms. The number of carbonyl (C=O) groups excluding carboxylic acids is 2. The molecule has 1 aliphatic rings. The minimum atomic E-state index is -0.617. The zero-order valence-corrected chi connectivity index (χ0v) is 13.0. The summed E-state index contributed by atoms with van der Waals surface area (Å²) in [6, 6.07) is -0.617. The standard InChI is InChI=1S/C14H26N2O4/c1-10(2)9-16(19)12(17)11-7-6-8-15(11)13(18)20-14(3,4)5/h10-11,19H,6-9H2,1-5H3. The molecule has 116 valence electrons. The fraction of sp³-hybridized carbons (Fsp3) is 0.857. The van der Waals surface area contributed by atoms with E-state index in [-0.39, 0.29) is 12.5 Å². The number of likely N-dealkylation sites (tertiary alicyclic amines) is 1. The molecule has 0 aliphatic carbocycles. The second-order valence-corrected chi connectivity index (χ2v) is 6.65. The van der Waals surface area contributed by atoms with E-state index in [4.69, 9.17) is 4.74 Å². The first-order valence-electron chi connectivity index (χ1n) is 7.11. The number of carbonyl (C=O) groups is 2. The van der Waals surface area contributed by atoms with Crippen LogP contribution >= 0.6 is 0 Å². The van der Waals surface area contributed by atoms with Gasteiger partial charge in [-0.05, 0) is 39.5 Å². The third-order valence-electron chi connectivity index (χ3n) is 2.96. The lowest BCUT2D eigenvalue weighted by atomic mass is 10.1. The molecule has 0 aromatic carbocycles. The summed E-state index contributed by atoms with van der Waals surface area (Å²) in [6.45, 7) is 9.94. The van der Waals surface area contributed by atoms with Crippen LogP contribution in [0.1, 0.15) is 47.5 Å². The highest BCUT2D eigenvalue weighted by Crippen LogP contribution is 2.22.